The summed E-state index contributed by atoms with van der Waals surface area (Å²) in [6.45, 7) is 2.06. The maximum Gasteiger partial charge on any atom is 0.204 e. The molecule has 0 aliphatic carbocycles. The van der Waals surface area contributed by atoms with Crippen LogP contribution in [0.2, 0.25) is 0 Å². The van der Waals surface area contributed by atoms with Gasteiger partial charge in [0.05, 0.1) is 25.3 Å². The summed E-state index contributed by atoms with van der Waals surface area (Å²) in [5.74, 6) is 2.91. The molecule has 132 valence electrons. The number of aromatic nitrogens is 4. The highest BCUT2D eigenvalue weighted by molar-refractivity contribution is 5.84. The second kappa shape index (κ2) is 6.51. The zero-order valence-electron chi connectivity index (χ0n) is 14.9. The lowest BCUT2D eigenvalue weighted by Gasteiger charge is -2.12. The van der Waals surface area contributed by atoms with Gasteiger partial charge >= 0.3 is 0 Å². The Kier molecular flexibility index (Phi) is 4.04. The van der Waals surface area contributed by atoms with Crippen LogP contribution in [0.1, 0.15) is 12.7 Å². The van der Waals surface area contributed by atoms with Crippen molar-refractivity contribution >= 4 is 28.2 Å². The fourth-order valence-electron chi connectivity index (χ4n) is 2.97. The topological polar surface area (TPSA) is 73.6 Å². The molecule has 1 N–H and O–H groups in total. The van der Waals surface area contributed by atoms with E-state index < -0.39 is 0 Å². The van der Waals surface area contributed by atoms with Gasteiger partial charge in [-0.3, -0.25) is 4.40 Å². The first-order valence-corrected chi connectivity index (χ1v) is 8.36. The fraction of sp³-hybridized carbons (Fsp3) is 0.211. The van der Waals surface area contributed by atoms with E-state index >= 15 is 0 Å². The molecule has 26 heavy (non-hydrogen) atoms. The summed E-state index contributed by atoms with van der Waals surface area (Å²) in [5, 5.41) is 12.0. The molecule has 0 aliphatic rings. The van der Waals surface area contributed by atoms with Crippen molar-refractivity contribution in [2.24, 2.45) is 0 Å². The lowest BCUT2D eigenvalue weighted by molar-refractivity contribution is 0.395. The minimum Gasteiger partial charge on any atom is -0.497 e. The van der Waals surface area contributed by atoms with Crippen molar-refractivity contribution in [3.8, 4) is 11.5 Å². The van der Waals surface area contributed by atoms with Crippen molar-refractivity contribution in [2.75, 3.05) is 19.5 Å². The molecule has 0 atom stereocenters. The van der Waals surface area contributed by atoms with Gasteiger partial charge in [-0.05, 0) is 12.1 Å². The van der Waals surface area contributed by atoms with Crippen LogP contribution in [0, 0.1) is 0 Å². The van der Waals surface area contributed by atoms with Gasteiger partial charge in [-0.1, -0.05) is 19.1 Å². The number of methoxy groups -OCH3 is 2. The molecule has 2 aromatic heterocycles. The third-order valence-corrected chi connectivity index (χ3v) is 4.23. The number of benzene rings is 2. The van der Waals surface area contributed by atoms with E-state index in [9.17, 15) is 0 Å². The van der Waals surface area contributed by atoms with Gasteiger partial charge in [-0.15, -0.1) is 10.2 Å². The monoisotopic (exact) mass is 349 g/mol. The fourth-order valence-corrected chi connectivity index (χ4v) is 2.97. The van der Waals surface area contributed by atoms with Crippen LogP contribution < -0.4 is 14.8 Å². The molecule has 2 aromatic carbocycles. The highest BCUT2D eigenvalue weighted by Crippen LogP contribution is 2.30. The van der Waals surface area contributed by atoms with Gasteiger partial charge in [0.25, 0.3) is 0 Å². The molecule has 7 heteroatoms. The summed E-state index contributed by atoms with van der Waals surface area (Å²) in [7, 11) is 3.24. The zero-order chi connectivity index (χ0) is 18.1. The largest absolute Gasteiger partial charge is 0.497 e. The number of para-hydroxylation sites is 2. The third-order valence-electron chi connectivity index (χ3n) is 4.23. The molecule has 7 nitrogen and oxygen atoms in total. The molecule has 0 unspecified atom stereocenters. The van der Waals surface area contributed by atoms with E-state index in [2.05, 4.69) is 22.4 Å². The highest BCUT2D eigenvalue weighted by atomic mass is 16.5. The molecule has 0 fully saturated rings. The summed E-state index contributed by atoms with van der Waals surface area (Å²) < 4.78 is 12.7. The Labute approximate surface area is 150 Å². The van der Waals surface area contributed by atoms with E-state index in [4.69, 9.17) is 14.5 Å². The number of hydrogen-bond acceptors (Lipinski definition) is 6. The molecule has 4 rings (SSSR count). The Morgan fingerprint density at radius 3 is 2.42 bits per heavy atom. The average molecular weight is 349 g/mol. The second-order valence-electron chi connectivity index (χ2n) is 5.80. The Hall–Kier alpha value is -3.35. The van der Waals surface area contributed by atoms with Gasteiger partial charge < -0.3 is 14.8 Å². The molecule has 0 bridgehead atoms. The number of ether oxygens (including phenoxy) is 2. The number of anilines is 2. The first-order valence-electron chi connectivity index (χ1n) is 8.36. The van der Waals surface area contributed by atoms with E-state index in [0.29, 0.717) is 23.0 Å². The van der Waals surface area contributed by atoms with E-state index in [0.717, 1.165) is 29.0 Å². The van der Waals surface area contributed by atoms with Crippen LogP contribution in [0.15, 0.2) is 42.5 Å². The van der Waals surface area contributed by atoms with Gasteiger partial charge in [0.15, 0.2) is 5.82 Å². The number of fused-ring (bicyclic) bond motifs is 3. The minimum atomic E-state index is 0.631. The smallest absolute Gasteiger partial charge is 0.204 e. The van der Waals surface area contributed by atoms with Crippen molar-refractivity contribution in [3.63, 3.8) is 0 Å². The predicted molar refractivity (Wildman–Crippen MR) is 100 cm³/mol. The van der Waals surface area contributed by atoms with Gasteiger partial charge in [-0.25, -0.2) is 4.98 Å². The van der Waals surface area contributed by atoms with Crippen molar-refractivity contribution in [1.29, 1.82) is 0 Å². The van der Waals surface area contributed by atoms with Gasteiger partial charge in [0.1, 0.15) is 17.3 Å². The molecule has 4 aromatic rings. The molecular weight excluding hydrogens is 330 g/mol. The standard InChI is InChI=1S/C19H19N5O2/c1-4-17-22-23-19-18(21-15-7-5-6-8-16(15)24(17)19)20-12-9-13(25-2)11-14(10-12)26-3/h5-11H,4H2,1-3H3,(H,20,21). The first kappa shape index (κ1) is 16.1. The maximum atomic E-state index is 5.34. The predicted octanol–water partition coefficient (Wildman–Crippen LogP) is 3.60. The highest BCUT2D eigenvalue weighted by Gasteiger charge is 2.14. The Bertz CT molecular complexity index is 1070. The third kappa shape index (κ3) is 2.67. The quantitative estimate of drug-likeness (QED) is 0.593. The van der Waals surface area contributed by atoms with E-state index in [1.54, 1.807) is 14.2 Å². The van der Waals surface area contributed by atoms with Gasteiger partial charge in [0, 0.05) is 30.3 Å². The number of hydrogen-bond donors (Lipinski definition) is 1. The number of aryl methyl sites for hydroxylation is 1. The normalized spacial score (nSPS) is 11.0. The SMILES string of the molecule is CCc1nnc2c(Nc3cc(OC)cc(OC)c3)nc3ccccc3n12. The molecule has 2 heterocycles. The number of nitrogens with one attached hydrogen (secondary N) is 1. The second-order valence-corrected chi connectivity index (χ2v) is 5.80. The van der Waals surface area contributed by atoms with Crippen LogP contribution in [-0.2, 0) is 6.42 Å². The summed E-state index contributed by atoms with van der Waals surface area (Å²) in [5.41, 5.74) is 3.33. The number of nitrogens with zero attached hydrogens (tertiary/aromatic N) is 4. The van der Waals surface area contributed by atoms with Crippen molar-refractivity contribution in [1.82, 2.24) is 19.6 Å². The molecule has 0 saturated heterocycles. The lowest BCUT2D eigenvalue weighted by atomic mass is 10.2. The summed E-state index contributed by atoms with van der Waals surface area (Å²) in [6, 6.07) is 13.5. The lowest BCUT2D eigenvalue weighted by Crippen LogP contribution is -2.02. The summed E-state index contributed by atoms with van der Waals surface area (Å²) >= 11 is 0. The van der Waals surface area contributed by atoms with Crippen LogP contribution in [0.3, 0.4) is 0 Å². The minimum absolute atomic E-state index is 0.631. The first-order chi connectivity index (χ1) is 12.7. The van der Waals surface area contributed by atoms with Crippen LogP contribution in [0.4, 0.5) is 11.5 Å². The molecule has 0 aliphatic heterocycles. The molecule has 0 amide bonds. The van der Waals surface area contributed by atoms with Crippen LogP contribution in [0.5, 0.6) is 11.5 Å². The summed E-state index contributed by atoms with van der Waals surface area (Å²) in [4.78, 5) is 4.74. The molecular formula is C19H19N5O2. The van der Waals surface area contributed by atoms with E-state index in [1.165, 1.54) is 0 Å². The number of rotatable bonds is 5. The Morgan fingerprint density at radius 2 is 1.73 bits per heavy atom. The van der Waals surface area contributed by atoms with Crippen molar-refractivity contribution in [3.05, 3.63) is 48.3 Å². The van der Waals surface area contributed by atoms with Gasteiger partial charge in [0.2, 0.25) is 5.65 Å². The Balaban J connectivity index is 1.90. The molecule has 0 saturated carbocycles. The van der Waals surface area contributed by atoms with Crippen molar-refractivity contribution < 1.29 is 9.47 Å². The van der Waals surface area contributed by atoms with Crippen LogP contribution >= 0.6 is 0 Å². The van der Waals surface area contributed by atoms with Crippen LogP contribution in [-0.4, -0.2) is 33.8 Å². The van der Waals surface area contributed by atoms with E-state index in [1.807, 2.05) is 46.9 Å². The van der Waals surface area contributed by atoms with Crippen molar-refractivity contribution in [2.45, 2.75) is 13.3 Å². The summed E-state index contributed by atoms with van der Waals surface area (Å²) in [6.07, 6.45) is 0.779. The molecule has 0 spiro atoms. The zero-order valence-corrected chi connectivity index (χ0v) is 14.9. The van der Waals surface area contributed by atoms with E-state index in [-0.39, 0.29) is 0 Å². The molecule has 0 radical (unpaired) electrons. The average Bonchev–Trinajstić information content (AvgIpc) is 3.12. The Morgan fingerprint density at radius 1 is 1.00 bits per heavy atom. The maximum absolute atomic E-state index is 5.34. The van der Waals surface area contributed by atoms with Gasteiger partial charge in [-0.2, -0.15) is 0 Å². The van der Waals surface area contributed by atoms with Crippen LogP contribution in [0.25, 0.3) is 16.7 Å².